The molecule has 0 nitrogen and oxygen atoms in total. The maximum Gasteiger partial charge on any atom is 0.00437 e. The van der Waals surface area contributed by atoms with Crippen molar-refractivity contribution in [2.24, 2.45) is 5.92 Å². The predicted molar refractivity (Wildman–Crippen MR) is 56.9 cm³/mol. The molecule has 0 N–H and O–H groups in total. The minimum atomic E-state index is 0.574. The lowest BCUT2D eigenvalue weighted by Crippen LogP contribution is -2.16. The summed E-state index contributed by atoms with van der Waals surface area (Å²) < 4.78 is 0. The van der Waals surface area contributed by atoms with Gasteiger partial charge in [0, 0.05) is 5.92 Å². The van der Waals surface area contributed by atoms with Gasteiger partial charge in [-0.2, -0.15) is 0 Å². The number of hydrogen-bond acceptors (Lipinski definition) is 0. The lowest BCUT2D eigenvalue weighted by atomic mass is 9.76. The van der Waals surface area contributed by atoms with Crippen molar-refractivity contribution in [2.75, 3.05) is 0 Å². The summed E-state index contributed by atoms with van der Waals surface area (Å²) in [5.41, 5.74) is 3.02. The van der Waals surface area contributed by atoms with Crippen molar-refractivity contribution < 1.29 is 0 Å². The maximum absolute atomic E-state index is 3.93. The highest BCUT2D eigenvalue weighted by atomic mass is 14.3. The number of benzene rings is 1. The normalized spacial score (nSPS) is 26.5. The first-order valence-electron chi connectivity index (χ1n) is 5.03. The third kappa shape index (κ3) is 1.41. The highest BCUT2D eigenvalue weighted by molar-refractivity contribution is 5.35. The molecule has 1 aromatic rings. The van der Waals surface area contributed by atoms with Gasteiger partial charge in [-0.25, -0.2) is 0 Å². The van der Waals surface area contributed by atoms with Gasteiger partial charge < -0.3 is 0 Å². The first-order valence-corrected chi connectivity index (χ1v) is 5.03. The molecule has 0 amide bonds. The molecule has 1 aliphatic rings. The van der Waals surface area contributed by atoms with E-state index in [0.29, 0.717) is 5.92 Å². The Morgan fingerprint density at radius 2 is 2.15 bits per heavy atom. The van der Waals surface area contributed by atoms with Crippen LogP contribution in [0.1, 0.15) is 30.4 Å². The lowest BCUT2D eigenvalue weighted by molar-refractivity contribution is 0.455. The van der Waals surface area contributed by atoms with Crippen LogP contribution in [-0.2, 0) is 6.42 Å². The van der Waals surface area contributed by atoms with E-state index in [1.165, 1.54) is 24.0 Å². The Labute approximate surface area is 80.3 Å². The quantitative estimate of drug-likeness (QED) is 0.568. The van der Waals surface area contributed by atoms with E-state index in [0.717, 1.165) is 5.92 Å². The van der Waals surface area contributed by atoms with Crippen molar-refractivity contribution in [3.63, 3.8) is 0 Å². The van der Waals surface area contributed by atoms with Crippen LogP contribution in [0.4, 0.5) is 0 Å². The summed E-state index contributed by atoms with van der Waals surface area (Å²) in [5.74, 6) is 1.33. The van der Waals surface area contributed by atoms with Crippen molar-refractivity contribution >= 4 is 0 Å². The van der Waals surface area contributed by atoms with Crippen LogP contribution in [0.5, 0.6) is 0 Å². The fourth-order valence-electron chi connectivity index (χ4n) is 2.32. The predicted octanol–water partition coefficient (Wildman–Crippen LogP) is 3.54. The Morgan fingerprint density at radius 3 is 2.92 bits per heavy atom. The van der Waals surface area contributed by atoms with Crippen molar-refractivity contribution in [1.82, 2.24) is 0 Å². The number of allylic oxidation sites excluding steroid dienone is 1. The van der Waals surface area contributed by atoms with E-state index >= 15 is 0 Å². The van der Waals surface area contributed by atoms with E-state index in [1.807, 2.05) is 0 Å². The van der Waals surface area contributed by atoms with Crippen LogP contribution < -0.4 is 0 Å². The third-order valence-electron chi connectivity index (χ3n) is 3.15. The van der Waals surface area contributed by atoms with Crippen molar-refractivity contribution in [3.8, 4) is 0 Å². The van der Waals surface area contributed by atoms with Crippen LogP contribution in [0, 0.1) is 5.92 Å². The molecule has 68 valence electrons. The average Bonchev–Trinajstić information content (AvgIpc) is 2.18. The molecule has 0 heterocycles. The van der Waals surface area contributed by atoms with Crippen LogP contribution >= 0.6 is 0 Å². The number of hydrogen-bond donors (Lipinski definition) is 0. The molecule has 2 atom stereocenters. The molecule has 2 unspecified atom stereocenters. The fourth-order valence-corrected chi connectivity index (χ4v) is 2.32. The molecule has 0 bridgehead atoms. The summed E-state index contributed by atoms with van der Waals surface area (Å²) >= 11 is 0. The Morgan fingerprint density at radius 1 is 1.38 bits per heavy atom. The largest absolute Gasteiger partial charge is 0.102 e. The molecule has 0 saturated heterocycles. The molecule has 0 radical (unpaired) electrons. The molecule has 2 rings (SSSR count). The zero-order valence-corrected chi connectivity index (χ0v) is 8.16. The van der Waals surface area contributed by atoms with Gasteiger partial charge in [0.05, 0.1) is 0 Å². The molecule has 0 heteroatoms. The molecule has 0 aliphatic heterocycles. The monoisotopic (exact) mass is 172 g/mol. The van der Waals surface area contributed by atoms with Gasteiger partial charge in [-0.05, 0) is 29.9 Å². The summed E-state index contributed by atoms with van der Waals surface area (Å²) in [6.07, 6.45) is 4.64. The van der Waals surface area contributed by atoms with Crippen LogP contribution in [-0.4, -0.2) is 0 Å². The first kappa shape index (κ1) is 8.55. The standard InChI is InChI=1S/C13H16/c1-3-12-10(2)8-9-11-6-4-5-7-13(11)12/h3-7,10,12H,1,8-9H2,2H3. The second-order valence-corrected chi connectivity index (χ2v) is 3.98. The van der Waals surface area contributed by atoms with Crippen LogP contribution in [0.2, 0.25) is 0 Å². The van der Waals surface area contributed by atoms with Gasteiger partial charge in [-0.15, -0.1) is 6.58 Å². The van der Waals surface area contributed by atoms with E-state index in [9.17, 15) is 0 Å². The zero-order chi connectivity index (χ0) is 9.26. The molecule has 1 aromatic carbocycles. The fraction of sp³-hybridized carbons (Fsp3) is 0.385. The van der Waals surface area contributed by atoms with E-state index in [1.54, 1.807) is 0 Å². The van der Waals surface area contributed by atoms with E-state index in [-0.39, 0.29) is 0 Å². The first-order chi connectivity index (χ1) is 6.33. The summed E-state index contributed by atoms with van der Waals surface area (Å²) in [6.45, 7) is 6.26. The van der Waals surface area contributed by atoms with Crippen molar-refractivity contribution in [1.29, 1.82) is 0 Å². The third-order valence-corrected chi connectivity index (χ3v) is 3.15. The Bertz CT molecular complexity index is 312. The Balaban J connectivity index is 2.45. The summed E-state index contributed by atoms with van der Waals surface area (Å²) in [4.78, 5) is 0. The minimum Gasteiger partial charge on any atom is -0.102 e. The van der Waals surface area contributed by atoms with E-state index < -0.39 is 0 Å². The van der Waals surface area contributed by atoms with Gasteiger partial charge in [0.1, 0.15) is 0 Å². The number of fused-ring (bicyclic) bond motifs is 1. The SMILES string of the molecule is C=CC1c2ccccc2CCC1C. The van der Waals surface area contributed by atoms with Gasteiger partial charge in [0.2, 0.25) is 0 Å². The van der Waals surface area contributed by atoms with Crippen molar-refractivity contribution in [2.45, 2.75) is 25.7 Å². The summed E-state index contributed by atoms with van der Waals surface area (Å²) in [6, 6.07) is 8.76. The van der Waals surface area contributed by atoms with Gasteiger partial charge in [-0.1, -0.05) is 37.3 Å². The minimum absolute atomic E-state index is 0.574. The molecular formula is C13H16. The van der Waals surface area contributed by atoms with Crippen LogP contribution in [0.25, 0.3) is 0 Å². The van der Waals surface area contributed by atoms with Gasteiger partial charge in [-0.3, -0.25) is 0 Å². The Kier molecular flexibility index (Phi) is 2.22. The summed E-state index contributed by atoms with van der Waals surface area (Å²) in [5, 5.41) is 0. The van der Waals surface area contributed by atoms with Gasteiger partial charge >= 0.3 is 0 Å². The molecule has 0 saturated carbocycles. The second-order valence-electron chi connectivity index (χ2n) is 3.98. The van der Waals surface area contributed by atoms with Crippen LogP contribution in [0.3, 0.4) is 0 Å². The number of aryl methyl sites for hydroxylation is 1. The summed E-state index contributed by atoms with van der Waals surface area (Å²) in [7, 11) is 0. The highest BCUT2D eigenvalue weighted by Crippen LogP contribution is 2.36. The molecule has 1 aliphatic carbocycles. The Hall–Kier alpha value is -1.04. The zero-order valence-electron chi connectivity index (χ0n) is 8.16. The molecule has 0 aromatic heterocycles. The van der Waals surface area contributed by atoms with E-state index in [4.69, 9.17) is 0 Å². The molecular weight excluding hydrogens is 156 g/mol. The van der Waals surface area contributed by atoms with Gasteiger partial charge in [0.25, 0.3) is 0 Å². The highest BCUT2D eigenvalue weighted by Gasteiger charge is 2.23. The molecule has 0 fully saturated rings. The van der Waals surface area contributed by atoms with Gasteiger partial charge in [0.15, 0.2) is 0 Å². The van der Waals surface area contributed by atoms with E-state index in [2.05, 4.69) is 43.8 Å². The lowest BCUT2D eigenvalue weighted by Gasteiger charge is -2.28. The average molecular weight is 172 g/mol. The van der Waals surface area contributed by atoms with Crippen molar-refractivity contribution in [3.05, 3.63) is 48.0 Å². The molecule has 0 spiro atoms. The second kappa shape index (κ2) is 3.37. The van der Waals surface area contributed by atoms with Crippen LogP contribution in [0.15, 0.2) is 36.9 Å². The number of rotatable bonds is 1. The maximum atomic E-state index is 3.93. The topological polar surface area (TPSA) is 0 Å². The smallest absolute Gasteiger partial charge is 0.00437 e. The molecule has 13 heavy (non-hydrogen) atoms.